The molecule has 0 fully saturated rings. The van der Waals surface area contributed by atoms with Gasteiger partial charge in [0.15, 0.2) is 0 Å². The first kappa shape index (κ1) is 13.2. The van der Waals surface area contributed by atoms with E-state index in [4.69, 9.17) is 10.2 Å². The lowest BCUT2D eigenvalue weighted by atomic mass is 10.1. The van der Waals surface area contributed by atoms with Crippen LogP contribution in [0.5, 0.6) is 0 Å². The minimum Gasteiger partial charge on any atom is -0.428 e. The molecule has 1 aromatic heterocycles. The summed E-state index contributed by atoms with van der Waals surface area (Å²) >= 11 is 3.38. The third-order valence-corrected chi connectivity index (χ3v) is 3.89. The van der Waals surface area contributed by atoms with Crippen LogP contribution in [0.3, 0.4) is 0 Å². The van der Waals surface area contributed by atoms with E-state index in [9.17, 15) is 4.79 Å². The number of nitrogen functional groups attached to an aromatic ring is 1. The van der Waals surface area contributed by atoms with Crippen LogP contribution in [0.1, 0.15) is 17.0 Å². The van der Waals surface area contributed by atoms with Crippen molar-refractivity contribution in [1.82, 2.24) is 9.88 Å². The van der Waals surface area contributed by atoms with E-state index in [1.54, 1.807) is 4.90 Å². The van der Waals surface area contributed by atoms with E-state index >= 15 is 0 Å². The molecular weight excluding hydrogens is 322 g/mol. The Labute approximate surface area is 124 Å². The van der Waals surface area contributed by atoms with Gasteiger partial charge in [-0.2, -0.15) is 4.98 Å². The molecule has 0 aliphatic carbocycles. The van der Waals surface area contributed by atoms with Gasteiger partial charge in [-0.15, -0.1) is 0 Å². The average Bonchev–Trinajstić information content (AvgIpc) is 2.80. The quantitative estimate of drug-likeness (QED) is 0.912. The number of carbonyl (C=O) groups excluding carboxylic acids is 1. The van der Waals surface area contributed by atoms with Crippen molar-refractivity contribution in [2.45, 2.75) is 19.4 Å². The molecule has 0 spiro atoms. The number of nitrogens with two attached hydrogens (primary N) is 1. The molecule has 1 aliphatic rings. The Morgan fingerprint density at radius 3 is 2.90 bits per heavy atom. The predicted molar refractivity (Wildman–Crippen MR) is 77.9 cm³/mol. The van der Waals surface area contributed by atoms with Crippen molar-refractivity contribution >= 4 is 27.9 Å². The molecule has 0 saturated carbocycles. The van der Waals surface area contributed by atoms with Crippen LogP contribution in [-0.4, -0.2) is 22.3 Å². The smallest absolute Gasteiger partial charge is 0.292 e. The SMILES string of the molecule is Nc1nc2c(o1)CCN(C(=O)Cc1ccc(Br)cc1)C2. The van der Waals surface area contributed by atoms with Crippen molar-refractivity contribution in [3.8, 4) is 0 Å². The summed E-state index contributed by atoms with van der Waals surface area (Å²) in [5.74, 6) is 0.898. The largest absolute Gasteiger partial charge is 0.428 e. The molecular formula is C14H14BrN3O2. The topological polar surface area (TPSA) is 72.4 Å². The van der Waals surface area contributed by atoms with Crippen molar-refractivity contribution in [3.05, 3.63) is 45.8 Å². The van der Waals surface area contributed by atoms with E-state index in [1.807, 2.05) is 24.3 Å². The zero-order valence-electron chi connectivity index (χ0n) is 10.8. The molecule has 104 valence electrons. The first-order chi connectivity index (χ1) is 9.61. The highest BCUT2D eigenvalue weighted by atomic mass is 79.9. The van der Waals surface area contributed by atoms with E-state index in [1.165, 1.54) is 0 Å². The second-order valence-electron chi connectivity index (χ2n) is 4.79. The highest BCUT2D eigenvalue weighted by Gasteiger charge is 2.24. The summed E-state index contributed by atoms with van der Waals surface area (Å²) in [7, 11) is 0. The summed E-state index contributed by atoms with van der Waals surface area (Å²) in [4.78, 5) is 18.2. The van der Waals surface area contributed by atoms with Gasteiger partial charge in [-0.3, -0.25) is 4.79 Å². The fourth-order valence-electron chi connectivity index (χ4n) is 2.32. The van der Waals surface area contributed by atoms with Crippen LogP contribution in [0.4, 0.5) is 6.01 Å². The molecule has 1 aliphatic heterocycles. The van der Waals surface area contributed by atoms with E-state index in [-0.39, 0.29) is 11.9 Å². The summed E-state index contributed by atoms with van der Waals surface area (Å²) in [5.41, 5.74) is 7.31. The molecule has 1 amide bonds. The number of nitrogens with zero attached hydrogens (tertiary/aromatic N) is 2. The van der Waals surface area contributed by atoms with Crippen molar-refractivity contribution in [2.75, 3.05) is 12.3 Å². The highest BCUT2D eigenvalue weighted by Crippen LogP contribution is 2.21. The zero-order chi connectivity index (χ0) is 14.1. The minimum absolute atomic E-state index is 0.0968. The lowest BCUT2D eigenvalue weighted by Crippen LogP contribution is -2.36. The van der Waals surface area contributed by atoms with E-state index in [2.05, 4.69) is 20.9 Å². The minimum atomic E-state index is 0.0968. The normalized spacial score (nSPS) is 14.2. The zero-order valence-corrected chi connectivity index (χ0v) is 12.4. The number of halogens is 1. The van der Waals surface area contributed by atoms with Crippen LogP contribution in [-0.2, 0) is 24.2 Å². The number of benzene rings is 1. The molecule has 2 aromatic rings. The van der Waals surface area contributed by atoms with Gasteiger partial charge in [0, 0.05) is 17.4 Å². The predicted octanol–water partition coefficient (Wildman–Crippen LogP) is 2.15. The first-order valence-electron chi connectivity index (χ1n) is 6.38. The van der Waals surface area contributed by atoms with Gasteiger partial charge in [-0.05, 0) is 17.7 Å². The van der Waals surface area contributed by atoms with Gasteiger partial charge in [-0.1, -0.05) is 28.1 Å². The Morgan fingerprint density at radius 2 is 2.15 bits per heavy atom. The lowest BCUT2D eigenvalue weighted by molar-refractivity contribution is -0.131. The number of amides is 1. The fourth-order valence-corrected chi connectivity index (χ4v) is 2.58. The van der Waals surface area contributed by atoms with Crippen LogP contribution in [0.2, 0.25) is 0 Å². The molecule has 2 heterocycles. The number of rotatable bonds is 2. The number of carbonyl (C=O) groups is 1. The van der Waals surface area contributed by atoms with Gasteiger partial charge in [0.2, 0.25) is 5.91 Å². The Hall–Kier alpha value is -1.82. The van der Waals surface area contributed by atoms with Gasteiger partial charge in [0.1, 0.15) is 11.5 Å². The molecule has 6 heteroatoms. The third kappa shape index (κ3) is 2.70. The fraction of sp³-hybridized carbons (Fsp3) is 0.286. The van der Waals surface area contributed by atoms with Gasteiger partial charge >= 0.3 is 0 Å². The molecule has 3 rings (SSSR count). The second kappa shape index (κ2) is 5.28. The summed E-state index contributed by atoms with van der Waals surface area (Å²) < 4.78 is 6.30. The number of oxazole rings is 1. The van der Waals surface area contributed by atoms with Crippen molar-refractivity contribution in [3.63, 3.8) is 0 Å². The molecule has 1 aromatic carbocycles. The Bertz CT molecular complexity index is 636. The second-order valence-corrected chi connectivity index (χ2v) is 5.71. The number of hydrogen-bond donors (Lipinski definition) is 1. The van der Waals surface area contributed by atoms with Crippen LogP contribution in [0, 0.1) is 0 Å². The summed E-state index contributed by atoms with van der Waals surface area (Å²) in [6, 6.07) is 7.96. The van der Waals surface area contributed by atoms with Gasteiger partial charge in [0.25, 0.3) is 6.01 Å². The van der Waals surface area contributed by atoms with Crippen LogP contribution in [0.15, 0.2) is 33.2 Å². The molecule has 0 atom stereocenters. The van der Waals surface area contributed by atoms with Crippen molar-refractivity contribution < 1.29 is 9.21 Å². The lowest BCUT2D eigenvalue weighted by Gasteiger charge is -2.25. The number of anilines is 1. The van der Waals surface area contributed by atoms with Crippen LogP contribution >= 0.6 is 15.9 Å². The maximum Gasteiger partial charge on any atom is 0.292 e. The molecule has 0 radical (unpaired) electrons. The van der Waals surface area contributed by atoms with Gasteiger partial charge in [0.05, 0.1) is 13.0 Å². The number of hydrogen-bond acceptors (Lipinski definition) is 4. The molecule has 5 nitrogen and oxygen atoms in total. The standard InChI is InChI=1S/C14H14BrN3O2/c15-10-3-1-9(2-4-10)7-13(19)18-6-5-12-11(8-18)17-14(16)20-12/h1-4H,5-8H2,(H2,16,17). The van der Waals surface area contributed by atoms with E-state index < -0.39 is 0 Å². The highest BCUT2D eigenvalue weighted by molar-refractivity contribution is 9.10. The summed E-state index contributed by atoms with van der Waals surface area (Å²) in [5, 5.41) is 0. The van der Waals surface area contributed by atoms with Gasteiger partial charge in [-0.25, -0.2) is 0 Å². The van der Waals surface area contributed by atoms with E-state index in [0.717, 1.165) is 21.5 Å². The average molecular weight is 336 g/mol. The van der Waals surface area contributed by atoms with Crippen molar-refractivity contribution in [1.29, 1.82) is 0 Å². The maximum absolute atomic E-state index is 12.3. The number of fused-ring (bicyclic) bond motifs is 1. The monoisotopic (exact) mass is 335 g/mol. The maximum atomic E-state index is 12.3. The Morgan fingerprint density at radius 1 is 1.40 bits per heavy atom. The molecule has 0 bridgehead atoms. The van der Waals surface area contributed by atoms with Crippen LogP contribution < -0.4 is 5.73 Å². The van der Waals surface area contributed by atoms with Crippen LogP contribution in [0.25, 0.3) is 0 Å². The number of aromatic nitrogens is 1. The Kier molecular flexibility index (Phi) is 3.48. The molecule has 0 saturated heterocycles. The first-order valence-corrected chi connectivity index (χ1v) is 7.17. The van der Waals surface area contributed by atoms with Crippen molar-refractivity contribution in [2.24, 2.45) is 0 Å². The molecule has 20 heavy (non-hydrogen) atoms. The summed E-state index contributed by atoms with van der Waals surface area (Å²) in [6.07, 6.45) is 1.07. The summed E-state index contributed by atoms with van der Waals surface area (Å²) in [6.45, 7) is 1.13. The van der Waals surface area contributed by atoms with E-state index in [0.29, 0.717) is 25.9 Å². The molecule has 0 unspecified atom stereocenters. The van der Waals surface area contributed by atoms with Gasteiger partial charge < -0.3 is 15.1 Å². The molecule has 2 N–H and O–H groups in total. The third-order valence-electron chi connectivity index (χ3n) is 3.37. The Balaban J connectivity index is 1.68.